The Morgan fingerprint density at radius 3 is 1.07 bits per heavy atom. The van der Waals surface area contributed by atoms with E-state index in [-0.39, 0.29) is 55.8 Å². The summed E-state index contributed by atoms with van der Waals surface area (Å²) in [7, 11) is 0. The molecule has 42 heavy (non-hydrogen) atoms. The molecular weight excluding hydrogens is 620 g/mol. The summed E-state index contributed by atoms with van der Waals surface area (Å²) >= 11 is 0. The van der Waals surface area contributed by atoms with Crippen LogP contribution in [-0.4, -0.2) is 17.4 Å². The van der Waals surface area contributed by atoms with Gasteiger partial charge in [0.15, 0.2) is 0 Å². The number of hydrogen-bond acceptors (Lipinski definition) is 3. The molecule has 0 aliphatic carbocycles. The maximum atomic E-state index is 5.01. The Labute approximate surface area is 286 Å². The molecule has 1 heterocycles. The Bertz CT molecular complexity index is 1060. The minimum Gasteiger partial charge on any atom is -1.00 e. The van der Waals surface area contributed by atoms with Gasteiger partial charge in [0.25, 0.3) is 0 Å². The second kappa shape index (κ2) is 24.8. The monoisotopic (exact) mass is 665 g/mol. The Morgan fingerprint density at radius 1 is 0.500 bits per heavy atom. The minimum absolute atomic E-state index is 0. The van der Waals surface area contributed by atoms with Crippen molar-refractivity contribution in [1.82, 2.24) is 4.98 Å². The van der Waals surface area contributed by atoms with Gasteiger partial charge in [-0.2, -0.15) is 0 Å². The molecule has 3 rings (SSSR count). The largest absolute Gasteiger partial charge is 3.00 e. The summed E-state index contributed by atoms with van der Waals surface area (Å²) in [4.78, 5) is 14.9. The van der Waals surface area contributed by atoms with Crippen LogP contribution in [0.5, 0.6) is 0 Å². The first kappa shape index (κ1) is 42.5. The number of hydrogen-bond donors (Lipinski definition) is 0. The van der Waals surface area contributed by atoms with Gasteiger partial charge in [-0.1, -0.05) is 95.8 Å². The molecule has 0 N–H and O–H groups in total. The van der Waals surface area contributed by atoms with Gasteiger partial charge in [0.2, 0.25) is 0 Å². The Balaban J connectivity index is 0. The van der Waals surface area contributed by atoms with Gasteiger partial charge in [0, 0.05) is 0 Å². The number of halogens is 3. The van der Waals surface area contributed by atoms with Crippen molar-refractivity contribution in [3.05, 3.63) is 88.2 Å². The Hall–Kier alpha value is -1.62. The van der Waals surface area contributed by atoms with Crippen LogP contribution in [0.1, 0.15) is 113 Å². The van der Waals surface area contributed by atoms with E-state index in [1.165, 1.54) is 73.6 Å². The second-order valence-electron chi connectivity index (χ2n) is 10.3. The van der Waals surface area contributed by atoms with Crippen molar-refractivity contribution in [1.29, 1.82) is 0 Å². The summed E-state index contributed by atoms with van der Waals surface area (Å²) in [6.07, 6.45) is 17.6. The van der Waals surface area contributed by atoms with Gasteiger partial charge in [0.1, 0.15) is 0 Å². The van der Waals surface area contributed by atoms with Crippen LogP contribution >= 0.6 is 0 Å². The fourth-order valence-electron chi connectivity index (χ4n) is 4.77. The maximum absolute atomic E-state index is 5.01. The van der Waals surface area contributed by atoms with Crippen LogP contribution in [0.2, 0.25) is 0 Å². The van der Waals surface area contributed by atoms with Crippen molar-refractivity contribution < 1.29 is 55.8 Å². The molecule has 0 atom stereocenters. The van der Waals surface area contributed by atoms with Crippen LogP contribution in [0.25, 0.3) is 0 Å². The number of nitrogens with zero attached hydrogens (tertiary/aromatic N) is 3. The molecule has 0 spiro atoms. The molecule has 3 aromatic rings. The Kier molecular flexibility index (Phi) is 25.1. The van der Waals surface area contributed by atoms with Gasteiger partial charge in [-0.25, -0.2) is 4.98 Å². The fraction of sp³-hybridized carbons (Fsp3) is 0.457. The third-order valence-electron chi connectivity index (χ3n) is 7.05. The van der Waals surface area contributed by atoms with Gasteiger partial charge in [-0.15, -0.1) is 0 Å². The maximum Gasteiger partial charge on any atom is 3.00 e. The molecular formula is C35H47Cl3N3V. The number of aromatic nitrogens is 1. The van der Waals surface area contributed by atoms with E-state index in [0.29, 0.717) is 0 Å². The number of unbranched alkanes of at least 4 members (excludes halogenated alkanes) is 4. The quantitative estimate of drug-likeness (QED) is 0.210. The number of para-hydroxylation sites is 2. The van der Waals surface area contributed by atoms with Gasteiger partial charge in [0.05, 0.1) is 35.2 Å². The molecule has 0 amide bonds. The number of rotatable bonds is 16. The molecule has 0 aliphatic heterocycles. The van der Waals surface area contributed by atoms with E-state index in [4.69, 9.17) is 15.0 Å². The van der Waals surface area contributed by atoms with Crippen LogP contribution in [0.3, 0.4) is 0 Å². The summed E-state index contributed by atoms with van der Waals surface area (Å²) in [6, 6.07) is 19.4. The van der Waals surface area contributed by atoms with Gasteiger partial charge < -0.3 is 37.2 Å². The predicted molar refractivity (Wildman–Crippen MR) is 166 cm³/mol. The van der Waals surface area contributed by atoms with Crippen LogP contribution in [0.4, 0.5) is 11.4 Å². The second-order valence-corrected chi connectivity index (χ2v) is 10.3. The number of benzene rings is 2. The smallest absolute Gasteiger partial charge is 1.00 e. The van der Waals surface area contributed by atoms with E-state index in [9.17, 15) is 0 Å². The fourth-order valence-corrected chi connectivity index (χ4v) is 4.77. The van der Waals surface area contributed by atoms with Gasteiger partial charge in [-0.3, -0.25) is 9.98 Å². The number of aryl methyl sites for hydroxylation is 4. The van der Waals surface area contributed by atoms with Gasteiger partial charge in [-0.05, 0) is 85.8 Å². The van der Waals surface area contributed by atoms with Crippen LogP contribution in [0, 0.1) is 0 Å². The molecule has 0 bridgehead atoms. The van der Waals surface area contributed by atoms with E-state index in [1.807, 2.05) is 24.6 Å². The normalized spacial score (nSPS) is 10.6. The first-order chi connectivity index (χ1) is 18.7. The number of pyridine rings is 1. The van der Waals surface area contributed by atoms with E-state index in [0.717, 1.165) is 48.4 Å². The molecule has 1 aromatic heterocycles. The van der Waals surface area contributed by atoms with Crippen molar-refractivity contribution in [3.63, 3.8) is 0 Å². The Morgan fingerprint density at radius 2 is 0.786 bits per heavy atom. The molecule has 0 saturated carbocycles. The zero-order valence-electron chi connectivity index (χ0n) is 25.8. The topological polar surface area (TPSA) is 37.6 Å². The molecule has 0 aliphatic rings. The van der Waals surface area contributed by atoms with E-state index in [1.54, 1.807) is 0 Å². The van der Waals surface area contributed by atoms with Crippen LogP contribution in [0.15, 0.2) is 64.6 Å². The molecule has 0 saturated heterocycles. The average Bonchev–Trinajstić information content (AvgIpc) is 2.95. The molecule has 0 fully saturated rings. The van der Waals surface area contributed by atoms with Gasteiger partial charge >= 0.3 is 18.6 Å². The van der Waals surface area contributed by atoms with Crippen molar-refractivity contribution in [2.24, 2.45) is 9.98 Å². The van der Waals surface area contributed by atoms with Crippen molar-refractivity contribution in [2.45, 2.75) is 105 Å². The van der Waals surface area contributed by atoms with Crippen molar-refractivity contribution in [3.8, 4) is 0 Å². The molecule has 0 unspecified atom stereocenters. The average molecular weight is 667 g/mol. The first-order valence-corrected chi connectivity index (χ1v) is 15.0. The molecule has 0 radical (unpaired) electrons. The standard InChI is InChI=1S/C35H47N3.3ClH.V/c1-5-9-16-28-20-13-21-29(17-10-6-2)34(28)36-26-32-24-15-25-33(38-32)27-37-35-30(18-11-7-3)22-14-23-31(35)19-12-8-4;;;;/h13-15,20-27H,5-12,16-19H2,1-4H3;3*1H;/q;;;;+3/p-3. The SMILES string of the molecule is CCCCc1cccc(CCCC)c1N=Cc1cccc(C=Nc2c(CCCC)cccc2CCCC)n1.[Cl-].[Cl-].[Cl-].[V+3]. The number of aliphatic imine (C=N–C) groups is 2. The van der Waals surface area contributed by atoms with Crippen molar-refractivity contribution in [2.75, 3.05) is 0 Å². The summed E-state index contributed by atoms with van der Waals surface area (Å²) in [5.74, 6) is 0. The predicted octanol–water partition coefficient (Wildman–Crippen LogP) is 0.963. The van der Waals surface area contributed by atoms with Crippen LogP contribution < -0.4 is 37.2 Å². The van der Waals surface area contributed by atoms with E-state index >= 15 is 0 Å². The van der Waals surface area contributed by atoms with E-state index < -0.39 is 0 Å². The summed E-state index contributed by atoms with van der Waals surface area (Å²) < 4.78 is 0. The molecule has 2 aromatic carbocycles. The zero-order valence-corrected chi connectivity index (χ0v) is 29.4. The molecule has 3 nitrogen and oxygen atoms in total. The van der Waals surface area contributed by atoms with Crippen LogP contribution in [-0.2, 0) is 44.2 Å². The summed E-state index contributed by atoms with van der Waals surface area (Å²) in [5, 5.41) is 0. The minimum atomic E-state index is 0. The summed E-state index contributed by atoms with van der Waals surface area (Å²) in [6.45, 7) is 8.98. The van der Waals surface area contributed by atoms with Crippen molar-refractivity contribution >= 4 is 23.8 Å². The first-order valence-electron chi connectivity index (χ1n) is 15.0. The summed E-state index contributed by atoms with van der Waals surface area (Å²) in [5.41, 5.74) is 9.39. The third kappa shape index (κ3) is 13.8. The molecule has 7 heteroatoms. The molecule has 228 valence electrons. The zero-order chi connectivity index (χ0) is 27.0. The third-order valence-corrected chi connectivity index (χ3v) is 7.05. The van der Waals surface area contributed by atoms with E-state index in [2.05, 4.69) is 70.2 Å².